The SMILES string of the molecule is CC(C)(C)CC1CC1.CC(C)C(C)(C)C.CC(C)C1CC1. The van der Waals surface area contributed by atoms with Gasteiger partial charge in [-0.1, -0.05) is 82.1 Å². The molecule has 0 heterocycles. The predicted molar refractivity (Wildman–Crippen MR) is 98.7 cm³/mol. The largest absolute Gasteiger partial charge is 0.0625 e. The molecule has 0 unspecified atom stereocenters. The Kier molecular flexibility index (Phi) is 8.59. The van der Waals surface area contributed by atoms with Gasteiger partial charge in [0.25, 0.3) is 0 Å². The van der Waals surface area contributed by atoms with Gasteiger partial charge in [0.2, 0.25) is 0 Å². The lowest BCUT2D eigenvalue weighted by atomic mass is 9.84. The van der Waals surface area contributed by atoms with Crippen molar-refractivity contribution in [2.75, 3.05) is 0 Å². The van der Waals surface area contributed by atoms with Crippen LogP contribution in [-0.4, -0.2) is 0 Å². The van der Waals surface area contributed by atoms with E-state index in [1.807, 2.05) is 0 Å². The Morgan fingerprint density at radius 2 is 1.14 bits per heavy atom. The smallest absolute Gasteiger partial charge is 0.0360 e. The second-order valence-corrected chi connectivity index (χ2v) is 10.3. The van der Waals surface area contributed by atoms with Gasteiger partial charge in [-0.15, -0.1) is 0 Å². The summed E-state index contributed by atoms with van der Waals surface area (Å²) in [6.45, 7) is 22.9. The molecule has 0 heteroatoms. The fourth-order valence-corrected chi connectivity index (χ4v) is 1.95. The van der Waals surface area contributed by atoms with E-state index in [1.165, 1.54) is 32.1 Å². The number of hydrogen-bond donors (Lipinski definition) is 0. The standard InChI is InChI=1S/C8H16.C7H16.C6H12/c1-8(2,3)6-7-4-5-7;1-6(2)7(3,4)5;1-5(2)6-3-4-6/h7H,4-6H2,1-3H3;6H,1-5H3;5-6H,3-4H2,1-2H3. The van der Waals surface area contributed by atoms with Crippen LogP contribution in [0.1, 0.15) is 101 Å². The third-order valence-electron chi connectivity index (χ3n) is 4.89. The highest BCUT2D eigenvalue weighted by molar-refractivity contribution is 4.78. The van der Waals surface area contributed by atoms with Crippen molar-refractivity contribution in [3.05, 3.63) is 0 Å². The van der Waals surface area contributed by atoms with Crippen LogP contribution >= 0.6 is 0 Å². The van der Waals surface area contributed by atoms with Gasteiger partial charge in [-0.05, 0) is 53.8 Å². The van der Waals surface area contributed by atoms with Gasteiger partial charge in [0.1, 0.15) is 0 Å². The molecule has 2 saturated carbocycles. The zero-order valence-electron chi connectivity index (χ0n) is 16.8. The fourth-order valence-electron chi connectivity index (χ4n) is 1.95. The summed E-state index contributed by atoms with van der Waals surface area (Å²) in [5.41, 5.74) is 1.08. The van der Waals surface area contributed by atoms with Crippen LogP contribution in [0.15, 0.2) is 0 Å². The molecule has 0 radical (unpaired) electrons. The molecule has 0 atom stereocenters. The van der Waals surface area contributed by atoms with E-state index in [1.54, 1.807) is 0 Å². The first-order valence-corrected chi connectivity index (χ1v) is 9.33. The summed E-state index contributed by atoms with van der Waals surface area (Å²) in [7, 11) is 0. The molecule has 0 aliphatic heterocycles. The van der Waals surface area contributed by atoms with Crippen LogP contribution in [0.25, 0.3) is 0 Å². The maximum atomic E-state index is 2.32. The van der Waals surface area contributed by atoms with Crippen molar-refractivity contribution in [1.29, 1.82) is 0 Å². The molecular formula is C21H44. The lowest BCUT2D eigenvalue weighted by molar-refractivity contribution is 0.283. The summed E-state index contributed by atoms with van der Waals surface area (Å²) in [4.78, 5) is 0. The van der Waals surface area contributed by atoms with Gasteiger partial charge < -0.3 is 0 Å². The molecule has 2 fully saturated rings. The average molecular weight is 297 g/mol. The van der Waals surface area contributed by atoms with Crippen LogP contribution in [0.4, 0.5) is 0 Å². The Hall–Kier alpha value is 0. The van der Waals surface area contributed by atoms with Crippen LogP contribution in [-0.2, 0) is 0 Å². The van der Waals surface area contributed by atoms with Crippen molar-refractivity contribution in [3.8, 4) is 0 Å². The van der Waals surface area contributed by atoms with Crippen molar-refractivity contribution >= 4 is 0 Å². The molecule has 128 valence electrons. The van der Waals surface area contributed by atoms with Gasteiger partial charge in [-0.2, -0.15) is 0 Å². The van der Waals surface area contributed by atoms with Crippen molar-refractivity contribution < 1.29 is 0 Å². The quantitative estimate of drug-likeness (QED) is 0.493. The van der Waals surface area contributed by atoms with Crippen molar-refractivity contribution in [2.45, 2.75) is 101 Å². The van der Waals surface area contributed by atoms with Crippen LogP contribution in [0, 0.1) is 34.5 Å². The molecule has 0 spiro atoms. The Bertz CT molecular complexity index is 251. The molecular weight excluding hydrogens is 252 g/mol. The molecule has 0 bridgehead atoms. The minimum Gasteiger partial charge on any atom is -0.0625 e. The minimum absolute atomic E-state index is 0.500. The van der Waals surface area contributed by atoms with Crippen molar-refractivity contribution in [2.24, 2.45) is 34.5 Å². The summed E-state index contributed by atoms with van der Waals surface area (Å²) < 4.78 is 0. The summed E-state index contributed by atoms with van der Waals surface area (Å²) in [5.74, 6) is 3.96. The van der Waals surface area contributed by atoms with Crippen molar-refractivity contribution in [3.63, 3.8) is 0 Å². The highest BCUT2D eigenvalue weighted by Gasteiger charge is 2.26. The summed E-state index contributed by atoms with van der Waals surface area (Å²) in [5, 5.41) is 0. The van der Waals surface area contributed by atoms with E-state index < -0.39 is 0 Å². The monoisotopic (exact) mass is 296 g/mol. The molecule has 2 rings (SSSR count). The van der Waals surface area contributed by atoms with Gasteiger partial charge in [-0.3, -0.25) is 0 Å². The van der Waals surface area contributed by atoms with Crippen LogP contribution in [0.5, 0.6) is 0 Å². The summed E-state index contributed by atoms with van der Waals surface area (Å²) in [6.07, 6.45) is 7.43. The molecule has 0 saturated heterocycles. The molecule has 2 aliphatic carbocycles. The first-order chi connectivity index (χ1) is 9.33. The predicted octanol–water partition coefficient (Wildman–Crippen LogP) is 7.57. The highest BCUT2D eigenvalue weighted by Crippen LogP contribution is 2.39. The van der Waals surface area contributed by atoms with E-state index in [2.05, 4.69) is 69.2 Å². The Balaban J connectivity index is 0.000000289. The third-order valence-corrected chi connectivity index (χ3v) is 4.89. The maximum Gasteiger partial charge on any atom is -0.0360 e. The van der Waals surface area contributed by atoms with Gasteiger partial charge in [0.15, 0.2) is 0 Å². The lowest BCUT2D eigenvalue weighted by Crippen LogP contribution is -2.12. The molecule has 0 nitrogen and oxygen atoms in total. The normalized spacial score (nSPS) is 18.9. The first kappa shape index (κ1) is 21.0. The number of hydrogen-bond acceptors (Lipinski definition) is 0. The van der Waals surface area contributed by atoms with Crippen LogP contribution in [0.3, 0.4) is 0 Å². The van der Waals surface area contributed by atoms with E-state index >= 15 is 0 Å². The van der Waals surface area contributed by atoms with E-state index in [4.69, 9.17) is 0 Å². The zero-order valence-corrected chi connectivity index (χ0v) is 16.8. The Morgan fingerprint density at radius 1 is 0.762 bits per heavy atom. The van der Waals surface area contributed by atoms with Gasteiger partial charge in [-0.25, -0.2) is 0 Å². The molecule has 2 aliphatic rings. The van der Waals surface area contributed by atoms with Crippen molar-refractivity contribution in [1.82, 2.24) is 0 Å². The number of rotatable bonds is 2. The zero-order chi connectivity index (χ0) is 16.8. The van der Waals surface area contributed by atoms with Crippen LogP contribution in [0.2, 0.25) is 0 Å². The Labute approximate surface area is 136 Å². The fraction of sp³-hybridized carbons (Fsp3) is 1.00. The van der Waals surface area contributed by atoms with E-state index in [-0.39, 0.29) is 0 Å². The van der Waals surface area contributed by atoms with Gasteiger partial charge in [0.05, 0.1) is 0 Å². The second kappa shape index (κ2) is 8.59. The van der Waals surface area contributed by atoms with Gasteiger partial charge >= 0.3 is 0 Å². The van der Waals surface area contributed by atoms with E-state index in [9.17, 15) is 0 Å². The maximum absolute atomic E-state index is 2.32. The van der Waals surface area contributed by atoms with Crippen LogP contribution < -0.4 is 0 Å². The average Bonchev–Trinajstić information content (AvgIpc) is 3.10. The first-order valence-electron chi connectivity index (χ1n) is 9.33. The lowest BCUT2D eigenvalue weighted by Gasteiger charge is -2.22. The van der Waals surface area contributed by atoms with E-state index in [0.29, 0.717) is 10.8 Å². The topological polar surface area (TPSA) is 0 Å². The van der Waals surface area contributed by atoms with Gasteiger partial charge in [0, 0.05) is 0 Å². The summed E-state index contributed by atoms with van der Waals surface area (Å²) >= 11 is 0. The molecule has 0 amide bonds. The Morgan fingerprint density at radius 3 is 1.19 bits per heavy atom. The molecule has 0 aromatic heterocycles. The molecule has 0 N–H and O–H groups in total. The summed E-state index contributed by atoms with van der Waals surface area (Å²) in [6, 6.07) is 0. The molecule has 21 heavy (non-hydrogen) atoms. The second-order valence-electron chi connectivity index (χ2n) is 10.3. The molecule has 0 aromatic carbocycles. The highest BCUT2D eigenvalue weighted by atomic mass is 14.3. The molecule has 0 aromatic rings. The third kappa shape index (κ3) is 14.7. The van der Waals surface area contributed by atoms with E-state index in [0.717, 1.165) is 23.7 Å². The minimum atomic E-state index is 0.500.